The van der Waals surface area contributed by atoms with Gasteiger partial charge in [-0.2, -0.15) is 5.10 Å². The molecule has 1 aromatic rings. The van der Waals surface area contributed by atoms with Crippen LogP contribution >= 0.6 is 12.2 Å². The molecule has 0 radical (unpaired) electrons. The lowest BCUT2D eigenvalue weighted by atomic mass is 10.2. The number of H-pyrrole nitrogens is 1. The second-order valence-corrected chi connectivity index (χ2v) is 4.78. The highest BCUT2D eigenvalue weighted by atomic mass is 32.1. The minimum atomic E-state index is 0.583. The number of nitrogens with one attached hydrogen (secondary N) is 2. The minimum Gasteiger partial charge on any atom is -0.360 e. The van der Waals surface area contributed by atoms with Crippen LogP contribution in [0.5, 0.6) is 0 Å². The second-order valence-electron chi connectivity index (χ2n) is 4.39. The summed E-state index contributed by atoms with van der Waals surface area (Å²) in [4.78, 5) is 2.05. The summed E-state index contributed by atoms with van der Waals surface area (Å²) in [5.74, 6) is 0. The minimum absolute atomic E-state index is 0.583. The van der Waals surface area contributed by atoms with E-state index in [1.807, 2.05) is 19.4 Å². The van der Waals surface area contributed by atoms with Gasteiger partial charge < -0.3 is 10.2 Å². The normalized spacial score (nSPS) is 16.3. The van der Waals surface area contributed by atoms with Gasteiger partial charge in [0.1, 0.15) is 0 Å². The van der Waals surface area contributed by atoms with E-state index < -0.39 is 0 Å². The van der Waals surface area contributed by atoms with Gasteiger partial charge in [-0.15, -0.1) is 0 Å². The van der Waals surface area contributed by atoms with E-state index in [4.69, 9.17) is 12.2 Å². The first kappa shape index (κ1) is 11.4. The molecule has 1 aromatic heterocycles. The van der Waals surface area contributed by atoms with Gasteiger partial charge in [0.05, 0.1) is 6.20 Å². The van der Waals surface area contributed by atoms with Gasteiger partial charge in [0, 0.05) is 31.4 Å². The molecule has 88 valence electrons. The first-order valence-corrected chi connectivity index (χ1v) is 6.16. The van der Waals surface area contributed by atoms with Crippen molar-refractivity contribution in [3.8, 4) is 0 Å². The van der Waals surface area contributed by atoms with Crippen molar-refractivity contribution in [2.24, 2.45) is 0 Å². The SMILES string of the molecule is CN(Cc1cn[nH]c1)C(=S)NC1CCCC1. The number of rotatable bonds is 3. The predicted octanol–water partition coefficient (Wildman–Crippen LogP) is 1.66. The second kappa shape index (κ2) is 5.30. The molecule has 0 saturated heterocycles. The van der Waals surface area contributed by atoms with E-state index in [0.717, 1.165) is 17.2 Å². The van der Waals surface area contributed by atoms with Crippen molar-refractivity contribution in [2.75, 3.05) is 7.05 Å². The van der Waals surface area contributed by atoms with Crippen LogP contribution in [-0.2, 0) is 6.54 Å². The van der Waals surface area contributed by atoms with E-state index in [1.165, 1.54) is 25.7 Å². The van der Waals surface area contributed by atoms with Gasteiger partial charge in [0.2, 0.25) is 0 Å². The van der Waals surface area contributed by atoms with Crippen LogP contribution in [0.25, 0.3) is 0 Å². The Kier molecular flexibility index (Phi) is 3.77. The third kappa shape index (κ3) is 2.95. The molecule has 1 heterocycles. The lowest BCUT2D eigenvalue weighted by molar-refractivity contribution is 0.471. The van der Waals surface area contributed by atoms with E-state index in [0.29, 0.717) is 6.04 Å². The number of aromatic amines is 1. The van der Waals surface area contributed by atoms with Crippen LogP contribution in [-0.4, -0.2) is 33.3 Å². The molecule has 16 heavy (non-hydrogen) atoms. The zero-order valence-corrected chi connectivity index (χ0v) is 10.4. The standard InChI is InChI=1S/C11H18N4S/c1-15(8-9-6-12-13-7-9)11(16)14-10-4-2-3-5-10/h6-7,10H,2-5,8H2,1H3,(H,12,13)(H,14,16). The van der Waals surface area contributed by atoms with Gasteiger partial charge in [-0.25, -0.2) is 0 Å². The van der Waals surface area contributed by atoms with E-state index >= 15 is 0 Å². The van der Waals surface area contributed by atoms with Crippen LogP contribution in [0.1, 0.15) is 31.2 Å². The van der Waals surface area contributed by atoms with Gasteiger partial charge in [-0.3, -0.25) is 5.10 Å². The van der Waals surface area contributed by atoms with Crippen LogP contribution in [0.4, 0.5) is 0 Å². The summed E-state index contributed by atoms with van der Waals surface area (Å²) in [5.41, 5.74) is 1.15. The van der Waals surface area contributed by atoms with E-state index in [9.17, 15) is 0 Å². The number of hydrogen-bond acceptors (Lipinski definition) is 2. The van der Waals surface area contributed by atoms with Crippen LogP contribution in [0, 0.1) is 0 Å². The molecule has 1 aliphatic rings. The predicted molar refractivity (Wildman–Crippen MR) is 68.0 cm³/mol. The van der Waals surface area contributed by atoms with Gasteiger partial charge in [0.15, 0.2) is 5.11 Å². The van der Waals surface area contributed by atoms with Gasteiger partial charge in [-0.05, 0) is 25.1 Å². The highest BCUT2D eigenvalue weighted by Crippen LogP contribution is 2.17. The Balaban J connectivity index is 1.79. The summed E-state index contributed by atoms with van der Waals surface area (Å²) in [7, 11) is 2.01. The molecule has 5 heteroatoms. The molecular formula is C11H18N4S. The summed E-state index contributed by atoms with van der Waals surface area (Å²) >= 11 is 5.37. The summed E-state index contributed by atoms with van der Waals surface area (Å²) in [6, 6.07) is 0.583. The van der Waals surface area contributed by atoms with Crippen molar-refractivity contribution in [3.63, 3.8) is 0 Å². The molecule has 0 aliphatic heterocycles. The lowest BCUT2D eigenvalue weighted by Crippen LogP contribution is -2.41. The summed E-state index contributed by atoms with van der Waals surface area (Å²) in [6.07, 6.45) is 8.88. The smallest absolute Gasteiger partial charge is 0.169 e. The number of thiocarbonyl (C=S) groups is 1. The molecule has 4 nitrogen and oxygen atoms in total. The number of nitrogens with zero attached hydrogens (tertiary/aromatic N) is 2. The monoisotopic (exact) mass is 238 g/mol. The Morgan fingerprint density at radius 3 is 3.00 bits per heavy atom. The van der Waals surface area contributed by atoms with Gasteiger partial charge in [0.25, 0.3) is 0 Å². The van der Waals surface area contributed by atoms with Crippen LogP contribution in [0.15, 0.2) is 12.4 Å². The molecule has 0 spiro atoms. The van der Waals surface area contributed by atoms with Crippen molar-refractivity contribution in [1.82, 2.24) is 20.4 Å². The van der Waals surface area contributed by atoms with Crippen LogP contribution in [0.2, 0.25) is 0 Å². The molecule has 2 rings (SSSR count). The average molecular weight is 238 g/mol. The van der Waals surface area contributed by atoms with Crippen molar-refractivity contribution in [3.05, 3.63) is 18.0 Å². The Labute approximate surface area is 101 Å². The van der Waals surface area contributed by atoms with Crippen molar-refractivity contribution in [1.29, 1.82) is 0 Å². The fourth-order valence-electron chi connectivity index (χ4n) is 2.06. The Morgan fingerprint density at radius 1 is 1.62 bits per heavy atom. The van der Waals surface area contributed by atoms with Crippen molar-refractivity contribution in [2.45, 2.75) is 38.3 Å². The van der Waals surface area contributed by atoms with E-state index in [1.54, 1.807) is 0 Å². The molecule has 0 amide bonds. The summed E-state index contributed by atoms with van der Waals surface area (Å²) in [6.45, 7) is 0.801. The largest absolute Gasteiger partial charge is 0.360 e. The van der Waals surface area contributed by atoms with Gasteiger partial charge in [-0.1, -0.05) is 12.8 Å². The maximum atomic E-state index is 5.37. The maximum Gasteiger partial charge on any atom is 0.169 e. The van der Waals surface area contributed by atoms with Gasteiger partial charge >= 0.3 is 0 Å². The van der Waals surface area contributed by atoms with E-state index in [2.05, 4.69) is 20.4 Å². The maximum absolute atomic E-state index is 5.37. The van der Waals surface area contributed by atoms with Crippen LogP contribution < -0.4 is 5.32 Å². The highest BCUT2D eigenvalue weighted by Gasteiger charge is 2.17. The molecule has 1 fully saturated rings. The lowest BCUT2D eigenvalue weighted by Gasteiger charge is -2.23. The third-order valence-corrected chi connectivity index (χ3v) is 3.43. The fourth-order valence-corrected chi connectivity index (χ4v) is 2.30. The molecule has 0 unspecified atom stereocenters. The third-order valence-electron chi connectivity index (χ3n) is 3.00. The molecule has 0 aromatic carbocycles. The molecule has 1 aliphatic carbocycles. The number of hydrogen-bond donors (Lipinski definition) is 2. The Hall–Kier alpha value is -1.10. The van der Waals surface area contributed by atoms with Crippen LogP contribution in [0.3, 0.4) is 0 Å². The van der Waals surface area contributed by atoms with E-state index in [-0.39, 0.29) is 0 Å². The zero-order chi connectivity index (χ0) is 11.4. The topological polar surface area (TPSA) is 44.0 Å². The molecule has 2 N–H and O–H groups in total. The average Bonchev–Trinajstić information content (AvgIpc) is 2.90. The van der Waals surface area contributed by atoms with Crippen molar-refractivity contribution < 1.29 is 0 Å². The Bertz CT molecular complexity index is 330. The summed E-state index contributed by atoms with van der Waals surface area (Å²) in [5, 5.41) is 11.0. The molecule has 0 bridgehead atoms. The fraction of sp³-hybridized carbons (Fsp3) is 0.636. The highest BCUT2D eigenvalue weighted by molar-refractivity contribution is 7.80. The molecule has 0 atom stereocenters. The first-order valence-electron chi connectivity index (χ1n) is 5.75. The quantitative estimate of drug-likeness (QED) is 0.786. The Morgan fingerprint density at radius 2 is 2.38 bits per heavy atom. The zero-order valence-electron chi connectivity index (χ0n) is 9.57. The first-order chi connectivity index (χ1) is 7.75. The van der Waals surface area contributed by atoms with Crippen molar-refractivity contribution >= 4 is 17.3 Å². The number of aromatic nitrogens is 2. The molecule has 1 saturated carbocycles. The molecular weight excluding hydrogens is 220 g/mol. The summed E-state index contributed by atoms with van der Waals surface area (Å²) < 4.78 is 0.